The quantitative estimate of drug-likeness (QED) is 0.811. The zero-order valence-electron chi connectivity index (χ0n) is 12.6. The molecule has 0 bridgehead atoms. The van der Waals surface area contributed by atoms with E-state index in [1.165, 1.54) is 18.4 Å². The smallest absolute Gasteiger partial charge is 0.309 e. The summed E-state index contributed by atoms with van der Waals surface area (Å²) in [6.07, 6.45) is 2.39. The van der Waals surface area contributed by atoms with Gasteiger partial charge in [-0.3, -0.25) is 14.5 Å². The lowest BCUT2D eigenvalue weighted by atomic mass is 10.1. The average Bonchev–Trinajstić information content (AvgIpc) is 3.11. The van der Waals surface area contributed by atoms with Gasteiger partial charge in [-0.1, -0.05) is 0 Å². The zero-order valence-corrected chi connectivity index (χ0v) is 13.4. The van der Waals surface area contributed by atoms with Gasteiger partial charge in [0.1, 0.15) is 0 Å². The SMILES string of the molecule is CC(C)NC(=O)C(=O)NC[C@H](c1ccsc1)N1CCCC1. The first-order valence-corrected chi connectivity index (χ1v) is 8.37. The normalized spacial score (nSPS) is 16.9. The summed E-state index contributed by atoms with van der Waals surface area (Å²) in [5, 5.41) is 9.53. The Balaban J connectivity index is 1.93. The second-order valence-corrected chi connectivity index (χ2v) is 6.43. The highest BCUT2D eigenvalue weighted by atomic mass is 32.1. The number of likely N-dealkylation sites (tertiary alicyclic amines) is 1. The van der Waals surface area contributed by atoms with E-state index in [1.807, 2.05) is 19.2 Å². The van der Waals surface area contributed by atoms with Crippen LogP contribution in [0.3, 0.4) is 0 Å². The van der Waals surface area contributed by atoms with Crippen LogP contribution < -0.4 is 10.6 Å². The number of carbonyl (C=O) groups is 2. The Labute approximate surface area is 129 Å². The molecular weight excluding hydrogens is 286 g/mol. The summed E-state index contributed by atoms with van der Waals surface area (Å²) in [6.45, 7) is 6.25. The molecule has 0 spiro atoms. The van der Waals surface area contributed by atoms with Gasteiger partial charge in [0.05, 0.1) is 6.04 Å². The lowest BCUT2D eigenvalue weighted by Crippen LogP contribution is -2.45. The van der Waals surface area contributed by atoms with E-state index >= 15 is 0 Å². The van der Waals surface area contributed by atoms with Crippen molar-refractivity contribution in [3.63, 3.8) is 0 Å². The minimum atomic E-state index is -0.560. The Morgan fingerprint density at radius 3 is 2.57 bits per heavy atom. The van der Waals surface area contributed by atoms with E-state index in [-0.39, 0.29) is 12.1 Å². The molecule has 116 valence electrons. The summed E-state index contributed by atoms with van der Waals surface area (Å²) in [6, 6.07) is 2.22. The van der Waals surface area contributed by atoms with Gasteiger partial charge >= 0.3 is 11.8 Å². The van der Waals surface area contributed by atoms with E-state index in [1.54, 1.807) is 11.3 Å². The first kappa shape index (κ1) is 16.0. The maximum atomic E-state index is 11.8. The molecule has 0 radical (unpaired) electrons. The third-order valence-corrected chi connectivity index (χ3v) is 4.29. The Morgan fingerprint density at radius 1 is 1.29 bits per heavy atom. The van der Waals surface area contributed by atoms with Crippen LogP contribution in [0.25, 0.3) is 0 Å². The van der Waals surface area contributed by atoms with Gasteiger partial charge in [0.15, 0.2) is 0 Å². The van der Waals surface area contributed by atoms with Gasteiger partial charge in [0.2, 0.25) is 0 Å². The average molecular weight is 309 g/mol. The Morgan fingerprint density at radius 2 is 2.00 bits per heavy atom. The largest absolute Gasteiger partial charge is 0.346 e. The number of rotatable bonds is 5. The van der Waals surface area contributed by atoms with Crippen molar-refractivity contribution >= 4 is 23.2 Å². The van der Waals surface area contributed by atoms with Crippen molar-refractivity contribution in [3.8, 4) is 0 Å². The molecule has 21 heavy (non-hydrogen) atoms. The van der Waals surface area contributed by atoms with E-state index < -0.39 is 11.8 Å². The molecule has 0 aliphatic carbocycles. The Kier molecular flexibility index (Phi) is 5.76. The first-order valence-electron chi connectivity index (χ1n) is 7.42. The van der Waals surface area contributed by atoms with Crippen LogP contribution >= 0.6 is 11.3 Å². The first-order chi connectivity index (χ1) is 10.1. The van der Waals surface area contributed by atoms with Gasteiger partial charge in [0.25, 0.3) is 0 Å². The number of amides is 2. The van der Waals surface area contributed by atoms with Gasteiger partial charge in [0, 0.05) is 12.6 Å². The van der Waals surface area contributed by atoms with Gasteiger partial charge in [-0.25, -0.2) is 0 Å². The van der Waals surface area contributed by atoms with E-state index in [4.69, 9.17) is 0 Å². The minimum absolute atomic E-state index is 0.0329. The molecule has 0 unspecified atom stereocenters. The second kappa shape index (κ2) is 7.56. The third kappa shape index (κ3) is 4.54. The van der Waals surface area contributed by atoms with Crippen LogP contribution in [0.4, 0.5) is 0 Å². The molecule has 1 aliphatic rings. The molecule has 2 heterocycles. The number of hydrogen-bond acceptors (Lipinski definition) is 4. The molecule has 1 atom stereocenters. The van der Waals surface area contributed by atoms with Crippen molar-refractivity contribution in [1.29, 1.82) is 0 Å². The van der Waals surface area contributed by atoms with Crippen molar-refractivity contribution < 1.29 is 9.59 Å². The number of nitrogens with one attached hydrogen (secondary N) is 2. The maximum Gasteiger partial charge on any atom is 0.309 e. The summed E-state index contributed by atoms with van der Waals surface area (Å²) in [4.78, 5) is 25.8. The lowest BCUT2D eigenvalue weighted by molar-refractivity contribution is -0.139. The Bertz CT molecular complexity index is 467. The molecule has 6 heteroatoms. The number of thiophene rings is 1. The molecule has 2 amide bonds. The molecule has 1 aliphatic heterocycles. The van der Waals surface area contributed by atoms with Crippen LogP contribution in [0.15, 0.2) is 16.8 Å². The van der Waals surface area contributed by atoms with E-state index in [0.717, 1.165) is 13.1 Å². The van der Waals surface area contributed by atoms with Crippen LogP contribution in [0, 0.1) is 0 Å². The molecule has 1 saturated heterocycles. The summed E-state index contributed by atoms with van der Waals surface area (Å²) >= 11 is 1.66. The molecule has 2 N–H and O–H groups in total. The summed E-state index contributed by atoms with van der Waals surface area (Å²) in [5.41, 5.74) is 1.21. The minimum Gasteiger partial charge on any atom is -0.346 e. The molecule has 1 aromatic heterocycles. The molecule has 0 saturated carbocycles. The third-order valence-electron chi connectivity index (χ3n) is 3.59. The van der Waals surface area contributed by atoms with Crippen LogP contribution in [0.2, 0.25) is 0 Å². The topological polar surface area (TPSA) is 61.4 Å². The number of nitrogens with zero attached hydrogens (tertiary/aromatic N) is 1. The summed E-state index contributed by atoms with van der Waals surface area (Å²) < 4.78 is 0. The van der Waals surface area contributed by atoms with Crippen LogP contribution in [-0.2, 0) is 9.59 Å². The molecule has 1 aromatic rings. The van der Waals surface area contributed by atoms with E-state index in [2.05, 4.69) is 27.0 Å². The highest BCUT2D eigenvalue weighted by Crippen LogP contribution is 2.26. The van der Waals surface area contributed by atoms with Gasteiger partial charge in [-0.05, 0) is 62.2 Å². The predicted molar refractivity (Wildman–Crippen MR) is 84.2 cm³/mol. The lowest BCUT2D eigenvalue weighted by Gasteiger charge is -2.27. The predicted octanol–water partition coefficient (Wildman–Crippen LogP) is 1.53. The number of carbonyl (C=O) groups excluding carboxylic acids is 2. The molecule has 0 aromatic carbocycles. The zero-order chi connectivity index (χ0) is 15.2. The van der Waals surface area contributed by atoms with Crippen molar-refractivity contribution in [2.45, 2.75) is 38.8 Å². The summed E-state index contributed by atoms with van der Waals surface area (Å²) in [7, 11) is 0. The Hall–Kier alpha value is -1.40. The molecule has 5 nitrogen and oxygen atoms in total. The second-order valence-electron chi connectivity index (χ2n) is 5.65. The van der Waals surface area contributed by atoms with Crippen molar-refractivity contribution in [2.75, 3.05) is 19.6 Å². The fourth-order valence-corrected chi connectivity index (χ4v) is 3.28. The fourth-order valence-electron chi connectivity index (χ4n) is 2.57. The van der Waals surface area contributed by atoms with Crippen molar-refractivity contribution in [2.24, 2.45) is 0 Å². The standard InChI is InChI=1S/C15H23N3O2S/c1-11(2)17-15(20)14(19)16-9-13(12-5-8-21-10-12)18-6-3-4-7-18/h5,8,10-11,13H,3-4,6-7,9H2,1-2H3,(H,16,19)(H,17,20)/t13-/m1/s1. The fraction of sp³-hybridized carbons (Fsp3) is 0.600. The molecule has 2 rings (SSSR count). The van der Waals surface area contributed by atoms with Crippen molar-refractivity contribution in [3.05, 3.63) is 22.4 Å². The highest BCUT2D eigenvalue weighted by Gasteiger charge is 2.25. The van der Waals surface area contributed by atoms with Gasteiger partial charge in [-0.2, -0.15) is 11.3 Å². The van der Waals surface area contributed by atoms with Crippen molar-refractivity contribution in [1.82, 2.24) is 15.5 Å². The van der Waals surface area contributed by atoms with Crippen LogP contribution in [0.5, 0.6) is 0 Å². The summed E-state index contributed by atoms with van der Waals surface area (Å²) in [5.74, 6) is -1.11. The van der Waals surface area contributed by atoms with E-state index in [9.17, 15) is 9.59 Å². The monoisotopic (exact) mass is 309 g/mol. The van der Waals surface area contributed by atoms with Gasteiger partial charge < -0.3 is 10.6 Å². The molecular formula is C15H23N3O2S. The van der Waals surface area contributed by atoms with Crippen LogP contribution in [0.1, 0.15) is 38.3 Å². The highest BCUT2D eigenvalue weighted by molar-refractivity contribution is 7.07. The van der Waals surface area contributed by atoms with Gasteiger partial charge in [-0.15, -0.1) is 0 Å². The van der Waals surface area contributed by atoms with Crippen LogP contribution in [-0.4, -0.2) is 42.4 Å². The maximum absolute atomic E-state index is 11.8. The molecule has 1 fully saturated rings. The number of hydrogen-bond donors (Lipinski definition) is 2. The van der Waals surface area contributed by atoms with E-state index in [0.29, 0.717) is 6.54 Å².